The molecule has 0 heterocycles. The number of hydrogen-bond donors (Lipinski definition) is 0. The van der Waals surface area contributed by atoms with E-state index in [4.69, 9.17) is 0 Å². The summed E-state index contributed by atoms with van der Waals surface area (Å²) < 4.78 is 0. The van der Waals surface area contributed by atoms with Gasteiger partial charge in [-0.1, -0.05) is 24.3 Å². The van der Waals surface area contributed by atoms with E-state index in [1.165, 1.54) is 11.1 Å². The first-order valence-electron chi connectivity index (χ1n) is 5.95. The molecule has 0 unspecified atom stereocenters. The molecule has 90 valence electrons. The number of benzene rings is 1. The summed E-state index contributed by atoms with van der Waals surface area (Å²) in [5.41, 5.74) is 2.90. The summed E-state index contributed by atoms with van der Waals surface area (Å²) in [5.74, 6) is 0. The molecule has 0 aliphatic rings. The fourth-order valence-corrected chi connectivity index (χ4v) is 1.65. The summed E-state index contributed by atoms with van der Waals surface area (Å²) in [6.07, 6.45) is 2.28. The van der Waals surface area contributed by atoms with Crippen molar-refractivity contribution in [1.82, 2.24) is 9.80 Å². The molecular formula is C14H24N2. The molecule has 0 fully saturated rings. The Morgan fingerprint density at radius 1 is 0.812 bits per heavy atom. The topological polar surface area (TPSA) is 6.48 Å². The van der Waals surface area contributed by atoms with Gasteiger partial charge in [0, 0.05) is 13.1 Å². The Hall–Kier alpha value is -0.860. The number of nitrogens with zero attached hydrogens (tertiary/aromatic N) is 2. The van der Waals surface area contributed by atoms with E-state index in [0.717, 1.165) is 25.9 Å². The van der Waals surface area contributed by atoms with Gasteiger partial charge in [-0.25, -0.2) is 0 Å². The van der Waals surface area contributed by atoms with Gasteiger partial charge < -0.3 is 9.80 Å². The molecule has 0 radical (unpaired) electrons. The van der Waals surface area contributed by atoms with Crippen molar-refractivity contribution in [2.75, 3.05) is 41.3 Å². The van der Waals surface area contributed by atoms with Gasteiger partial charge in [0.15, 0.2) is 0 Å². The second-order valence-corrected chi connectivity index (χ2v) is 4.93. The van der Waals surface area contributed by atoms with Gasteiger partial charge in [-0.3, -0.25) is 0 Å². The lowest BCUT2D eigenvalue weighted by Crippen LogP contribution is -2.16. The third-order valence-corrected chi connectivity index (χ3v) is 2.69. The molecule has 0 amide bonds. The summed E-state index contributed by atoms with van der Waals surface area (Å²) in [4.78, 5) is 4.46. The van der Waals surface area contributed by atoms with E-state index in [2.05, 4.69) is 62.3 Å². The van der Waals surface area contributed by atoms with Crippen molar-refractivity contribution < 1.29 is 0 Å². The zero-order chi connectivity index (χ0) is 12.0. The summed E-state index contributed by atoms with van der Waals surface area (Å²) >= 11 is 0. The molecule has 2 nitrogen and oxygen atoms in total. The summed E-state index contributed by atoms with van der Waals surface area (Å²) in [6, 6.07) is 8.97. The molecule has 0 saturated heterocycles. The lowest BCUT2D eigenvalue weighted by Gasteiger charge is -2.12. The van der Waals surface area contributed by atoms with Crippen molar-refractivity contribution in [2.24, 2.45) is 0 Å². The van der Waals surface area contributed by atoms with E-state index < -0.39 is 0 Å². The van der Waals surface area contributed by atoms with Crippen LogP contribution in [0.15, 0.2) is 24.3 Å². The molecule has 2 heteroatoms. The fourth-order valence-electron chi connectivity index (χ4n) is 1.65. The van der Waals surface area contributed by atoms with Crippen molar-refractivity contribution in [3.8, 4) is 0 Å². The molecule has 0 atom stereocenters. The Balaban J connectivity index is 2.50. The maximum atomic E-state index is 2.34. The highest BCUT2D eigenvalue weighted by Gasteiger charge is 1.98. The number of likely N-dealkylation sites (N-methyl/N-ethyl adjacent to an activating group) is 2. The lowest BCUT2D eigenvalue weighted by atomic mass is 10.1. The minimum atomic E-state index is 1.12. The predicted octanol–water partition coefficient (Wildman–Crippen LogP) is 1.89. The maximum absolute atomic E-state index is 2.34. The standard InChI is InChI=1S/C14H24N2/c1-15(2)10-8-13-6-5-7-14(12-13)9-11-16(3)4/h5-7,12H,8-11H2,1-4H3. The lowest BCUT2D eigenvalue weighted by molar-refractivity contribution is 0.411. The molecule has 16 heavy (non-hydrogen) atoms. The quantitative estimate of drug-likeness (QED) is 0.722. The smallest absolute Gasteiger partial charge is 0.00157 e. The van der Waals surface area contributed by atoms with Crippen molar-refractivity contribution in [2.45, 2.75) is 12.8 Å². The first-order valence-corrected chi connectivity index (χ1v) is 5.95. The van der Waals surface area contributed by atoms with Crippen LogP contribution >= 0.6 is 0 Å². The molecule has 0 aliphatic carbocycles. The average Bonchev–Trinajstić information content (AvgIpc) is 2.24. The average molecular weight is 220 g/mol. The van der Waals surface area contributed by atoms with Crippen molar-refractivity contribution in [1.29, 1.82) is 0 Å². The molecule has 1 rings (SSSR count). The first kappa shape index (κ1) is 13.2. The molecule has 0 bridgehead atoms. The normalized spacial score (nSPS) is 11.4. The minimum Gasteiger partial charge on any atom is -0.309 e. The van der Waals surface area contributed by atoms with E-state index in [9.17, 15) is 0 Å². The van der Waals surface area contributed by atoms with Gasteiger partial charge in [0.1, 0.15) is 0 Å². The first-order chi connectivity index (χ1) is 7.58. The second-order valence-electron chi connectivity index (χ2n) is 4.93. The Bertz CT molecular complexity index is 278. The fraction of sp³-hybridized carbons (Fsp3) is 0.571. The predicted molar refractivity (Wildman–Crippen MR) is 71.0 cm³/mol. The SMILES string of the molecule is CN(C)CCc1cccc(CCN(C)C)c1. The van der Waals surface area contributed by atoms with Crippen molar-refractivity contribution in [3.05, 3.63) is 35.4 Å². The Labute approximate surface area is 99.9 Å². The van der Waals surface area contributed by atoms with Crippen LogP contribution in [0.4, 0.5) is 0 Å². The van der Waals surface area contributed by atoms with E-state index >= 15 is 0 Å². The minimum absolute atomic E-state index is 1.12. The van der Waals surface area contributed by atoms with Crippen LogP contribution in [0.1, 0.15) is 11.1 Å². The highest BCUT2D eigenvalue weighted by molar-refractivity contribution is 5.24. The van der Waals surface area contributed by atoms with Crippen LogP contribution in [-0.2, 0) is 12.8 Å². The maximum Gasteiger partial charge on any atom is 0.00157 e. The van der Waals surface area contributed by atoms with Crippen molar-refractivity contribution >= 4 is 0 Å². The summed E-state index contributed by atoms with van der Waals surface area (Å²) in [6.45, 7) is 2.24. The molecular weight excluding hydrogens is 196 g/mol. The Morgan fingerprint density at radius 2 is 1.25 bits per heavy atom. The van der Waals surface area contributed by atoms with Crippen LogP contribution in [-0.4, -0.2) is 51.1 Å². The van der Waals surface area contributed by atoms with Gasteiger partial charge in [0.05, 0.1) is 0 Å². The third-order valence-electron chi connectivity index (χ3n) is 2.69. The number of rotatable bonds is 6. The molecule has 1 aromatic carbocycles. The Morgan fingerprint density at radius 3 is 1.62 bits per heavy atom. The Kier molecular flexibility index (Phi) is 5.50. The van der Waals surface area contributed by atoms with Gasteiger partial charge in [-0.2, -0.15) is 0 Å². The highest BCUT2D eigenvalue weighted by Crippen LogP contribution is 2.07. The summed E-state index contributed by atoms with van der Waals surface area (Å²) in [5, 5.41) is 0. The molecule has 0 spiro atoms. The number of hydrogen-bond acceptors (Lipinski definition) is 2. The molecule has 0 aliphatic heterocycles. The highest BCUT2D eigenvalue weighted by atomic mass is 15.0. The van der Waals surface area contributed by atoms with Gasteiger partial charge >= 0.3 is 0 Å². The van der Waals surface area contributed by atoms with E-state index in [1.807, 2.05) is 0 Å². The van der Waals surface area contributed by atoms with Crippen LogP contribution in [0, 0.1) is 0 Å². The van der Waals surface area contributed by atoms with Crippen LogP contribution in [0.25, 0.3) is 0 Å². The van der Waals surface area contributed by atoms with Gasteiger partial charge in [0.25, 0.3) is 0 Å². The molecule has 0 aromatic heterocycles. The van der Waals surface area contributed by atoms with Gasteiger partial charge in [0.2, 0.25) is 0 Å². The largest absolute Gasteiger partial charge is 0.309 e. The summed E-state index contributed by atoms with van der Waals surface area (Å²) in [7, 11) is 8.48. The second kappa shape index (κ2) is 6.66. The van der Waals surface area contributed by atoms with Gasteiger partial charge in [-0.15, -0.1) is 0 Å². The van der Waals surface area contributed by atoms with Crippen LogP contribution in [0.3, 0.4) is 0 Å². The van der Waals surface area contributed by atoms with E-state index in [1.54, 1.807) is 0 Å². The zero-order valence-corrected chi connectivity index (χ0v) is 11.0. The zero-order valence-electron chi connectivity index (χ0n) is 11.0. The monoisotopic (exact) mass is 220 g/mol. The van der Waals surface area contributed by atoms with Crippen LogP contribution < -0.4 is 0 Å². The molecule has 0 saturated carbocycles. The molecule has 0 N–H and O–H groups in total. The van der Waals surface area contributed by atoms with Crippen LogP contribution in [0.2, 0.25) is 0 Å². The third kappa shape index (κ3) is 5.29. The van der Waals surface area contributed by atoms with Crippen LogP contribution in [0.5, 0.6) is 0 Å². The molecule has 1 aromatic rings. The van der Waals surface area contributed by atoms with Gasteiger partial charge in [-0.05, 0) is 52.2 Å². The van der Waals surface area contributed by atoms with Crippen molar-refractivity contribution in [3.63, 3.8) is 0 Å². The van der Waals surface area contributed by atoms with E-state index in [0.29, 0.717) is 0 Å². The van der Waals surface area contributed by atoms with E-state index in [-0.39, 0.29) is 0 Å².